The first kappa shape index (κ1) is 21.7. The number of hydrogen-bond donors (Lipinski definition) is 1. The summed E-state index contributed by atoms with van der Waals surface area (Å²) in [5.41, 5.74) is 1.09. The number of nitrogens with one attached hydrogen (secondary N) is 1. The van der Waals surface area contributed by atoms with E-state index >= 15 is 0 Å². The van der Waals surface area contributed by atoms with E-state index in [2.05, 4.69) is 5.32 Å². The van der Waals surface area contributed by atoms with E-state index in [1.807, 2.05) is 30.3 Å². The molecule has 164 valence electrons. The Hall–Kier alpha value is -3.52. The lowest BCUT2D eigenvalue weighted by Gasteiger charge is -2.13. The number of benzene rings is 2. The van der Waals surface area contributed by atoms with Gasteiger partial charge in [0, 0.05) is 6.54 Å². The lowest BCUT2D eigenvalue weighted by Crippen LogP contribution is -2.41. The molecule has 2 heterocycles. The quantitative estimate of drug-likeness (QED) is 0.438. The summed E-state index contributed by atoms with van der Waals surface area (Å²) in [6, 6.07) is 15.7. The summed E-state index contributed by atoms with van der Waals surface area (Å²) in [5.74, 6) is -0.734. The number of aryl methyl sites for hydroxylation is 2. The van der Waals surface area contributed by atoms with E-state index in [1.54, 1.807) is 18.4 Å². The van der Waals surface area contributed by atoms with Gasteiger partial charge < -0.3 is 5.32 Å². The van der Waals surface area contributed by atoms with Crippen LogP contribution in [0.3, 0.4) is 0 Å². The number of carbonyl (C=O) groups is 1. The molecular formula is C24H22FN3O3S. The normalized spacial score (nSPS) is 11.1. The Morgan fingerprint density at radius 3 is 2.62 bits per heavy atom. The Morgan fingerprint density at radius 1 is 1.09 bits per heavy atom. The zero-order chi connectivity index (χ0) is 22.7. The van der Waals surface area contributed by atoms with E-state index < -0.39 is 17.1 Å². The van der Waals surface area contributed by atoms with Crippen LogP contribution in [-0.4, -0.2) is 21.6 Å². The molecule has 2 aromatic carbocycles. The molecule has 0 fully saturated rings. The smallest absolute Gasteiger partial charge is 0.336 e. The van der Waals surface area contributed by atoms with Gasteiger partial charge in [-0.25, -0.2) is 13.8 Å². The average molecular weight is 452 g/mol. The molecule has 4 aromatic rings. The van der Waals surface area contributed by atoms with Gasteiger partial charge in [0.2, 0.25) is 5.91 Å². The van der Waals surface area contributed by atoms with Crippen LogP contribution in [0, 0.1) is 12.7 Å². The molecular weight excluding hydrogens is 429 g/mol. The summed E-state index contributed by atoms with van der Waals surface area (Å²) in [7, 11) is 0. The molecule has 0 bridgehead atoms. The van der Waals surface area contributed by atoms with Crippen LogP contribution in [0.5, 0.6) is 0 Å². The molecule has 8 heteroatoms. The van der Waals surface area contributed by atoms with Gasteiger partial charge in [0.05, 0.1) is 11.2 Å². The molecule has 0 radical (unpaired) electrons. The number of halogens is 1. The van der Waals surface area contributed by atoms with Crippen LogP contribution in [0.15, 0.2) is 69.6 Å². The van der Waals surface area contributed by atoms with Crippen LogP contribution in [0.25, 0.3) is 15.9 Å². The summed E-state index contributed by atoms with van der Waals surface area (Å²) in [6.07, 6.45) is 1.61. The predicted octanol–water partition coefficient (Wildman–Crippen LogP) is 3.41. The van der Waals surface area contributed by atoms with Crippen molar-refractivity contribution in [3.8, 4) is 5.69 Å². The molecule has 0 spiro atoms. The summed E-state index contributed by atoms with van der Waals surface area (Å²) in [4.78, 5) is 38.7. The third kappa shape index (κ3) is 4.40. The number of amides is 1. The first-order chi connectivity index (χ1) is 15.5. The number of hydrogen-bond acceptors (Lipinski definition) is 4. The van der Waals surface area contributed by atoms with Gasteiger partial charge in [-0.3, -0.25) is 14.2 Å². The molecule has 1 N–H and O–H groups in total. The molecule has 0 aliphatic heterocycles. The standard InChI is InChI=1S/C24H22FN3O3S/c1-16-14-18(9-10-19(16)25)28-23(30)22-20(11-13-32-22)27(24(28)31)15-21(29)26-12-5-8-17-6-3-2-4-7-17/h2-4,6-7,9-11,13-14H,5,8,12,15H2,1H3,(H,26,29). The molecule has 4 rings (SSSR count). The zero-order valence-electron chi connectivity index (χ0n) is 17.5. The van der Waals surface area contributed by atoms with Gasteiger partial charge in [-0.1, -0.05) is 30.3 Å². The zero-order valence-corrected chi connectivity index (χ0v) is 18.3. The van der Waals surface area contributed by atoms with Crippen LogP contribution in [0.4, 0.5) is 4.39 Å². The molecule has 2 aromatic heterocycles. The molecule has 0 saturated heterocycles. The van der Waals surface area contributed by atoms with Gasteiger partial charge in [0.1, 0.15) is 17.1 Å². The summed E-state index contributed by atoms with van der Waals surface area (Å²) in [6.45, 7) is 1.83. The number of thiophene rings is 1. The molecule has 0 atom stereocenters. The Kier molecular flexibility index (Phi) is 6.32. The monoisotopic (exact) mass is 451 g/mol. The molecule has 0 saturated carbocycles. The highest BCUT2D eigenvalue weighted by atomic mass is 32.1. The highest BCUT2D eigenvalue weighted by molar-refractivity contribution is 7.17. The fraction of sp³-hybridized carbons (Fsp3) is 0.208. The molecule has 6 nitrogen and oxygen atoms in total. The van der Waals surface area contributed by atoms with Crippen LogP contribution in [0.2, 0.25) is 0 Å². The SMILES string of the molecule is Cc1cc(-n2c(=O)c3sccc3n(CC(=O)NCCCc3ccccc3)c2=O)ccc1F. The first-order valence-corrected chi connectivity index (χ1v) is 11.1. The van der Waals surface area contributed by atoms with Crippen LogP contribution in [-0.2, 0) is 17.8 Å². The molecule has 1 amide bonds. The molecule has 32 heavy (non-hydrogen) atoms. The Bertz CT molecular complexity index is 1390. The summed E-state index contributed by atoms with van der Waals surface area (Å²) >= 11 is 1.20. The minimum atomic E-state index is -0.633. The third-order valence-corrected chi connectivity index (χ3v) is 6.16. The van der Waals surface area contributed by atoms with Gasteiger partial charge in [-0.2, -0.15) is 0 Å². The van der Waals surface area contributed by atoms with Crippen molar-refractivity contribution in [3.63, 3.8) is 0 Å². The largest absolute Gasteiger partial charge is 0.355 e. The van der Waals surface area contributed by atoms with Crippen LogP contribution >= 0.6 is 11.3 Å². The van der Waals surface area contributed by atoms with E-state index in [4.69, 9.17) is 0 Å². The van der Waals surface area contributed by atoms with E-state index in [0.717, 1.165) is 17.4 Å². The van der Waals surface area contributed by atoms with E-state index in [0.29, 0.717) is 22.3 Å². The highest BCUT2D eigenvalue weighted by Gasteiger charge is 2.18. The Labute approximate surface area is 187 Å². The van der Waals surface area contributed by atoms with Crippen molar-refractivity contribution in [2.24, 2.45) is 0 Å². The lowest BCUT2D eigenvalue weighted by atomic mass is 10.1. The minimum Gasteiger partial charge on any atom is -0.355 e. The van der Waals surface area contributed by atoms with Gasteiger partial charge >= 0.3 is 5.69 Å². The van der Waals surface area contributed by atoms with Crippen molar-refractivity contribution in [1.82, 2.24) is 14.5 Å². The molecule has 0 aliphatic carbocycles. The van der Waals surface area contributed by atoms with Gasteiger partial charge in [0.25, 0.3) is 5.56 Å². The van der Waals surface area contributed by atoms with Crippen molar-refractivity contribution in [2.45, 2.75) is 26.3 Å². The number of nitrogens with zero attached hydrogens (tertiary/aromatic N) is 2. The Balaban J connectivity index is 1.57. The second-order valence-electron chi connectivity index (χ2n) is 7.52. The second-order valence-corrected chi connectivity index (χ2v) is 8.43. The maximum atomic E-state index is 13.7. The highest BCUT2D eigenvalue weighted by Crippen LogP contribution is 2.17. The van der Waals surface area contributed by atoms with Gasteiger partial charge in [-0.05, 0) is 60.5 Å². The molecule has 0 unspecified atom stereocenters. The van der Waals surface area contributed by atoms with Crippen molar-refractivity contribution in [3.05, 3.63) is 97.8 Å². The number of rotatable bonds is 7. The lowest BCUT2D eigenvalue weighted by molar-refractivity contribution is -0.121. The predicted molar refractivity (Wildman–Crippen MR) is 124 cm³/mol. The number of carbonyl (C=O) groups excluding carboxylic acids is 1. The topological polar surface area (TPSA) is 73.1 Å². The van der Waals surface area contributed by atoms with Crippen molar-refractivity contribution in [1.29, 1.82) is 0 Å². The minimum absolute atomic E-state index is 0.210. The third-order valence-electron chi connectivity index (χ3n) is 5.26. The number of fused-ring (bicyclic) bond motifs is 1. The van der Waals surface area contributed by atoms with E-state index in [-0.39, 0.29) is 18.1 Å². The van der Waals surface area contributed by atoms with Crippen molar-refractivity contribution >= 4 is 27.5 Å². The fourth-order valence-corrected chi connectivity index (χ4v) is 4.42. The van der Waals surface area contributed by atoms with E-state index in [9.17, 15) is 18.8 Å². The van der Waals surface area contributed by atoms with Crippen LogP contribution in [0.1, 0.15) is 17.5 Å². The average Bonchev–Trinajstić information content (AvgIpc) is 3.28. The maximum absolute atomic E-state index is 13.7. The Morgan fingerprint density at radius 2 is 1.88 bits per heavy atom. The second kappa shape index (κ2) is 9.32. The van der Waals surface area contributed by atoms with Gasteiger partial charge in [-0.15, -0.1) is 11.3 Å². The maximum Gasteiger partial charge on any atom is 0.336 e. The van der Waals surface area contributed by atoms with Crippen molar-refractivity contribution in [2.75, 3.05) is 6.54 Å². The summed E-state index contributed by atoms with van der Waals surface area (Å²) in [5, 5.41) is 4.55. The summed E-state index contributed by atoms with van der Waals surface area (Å²) < 4.78 is 16.4. The van der Waals surface area contributed by atoms with Crippen molar-refractivity contribution < 1.29 is 9.18 Å². The van der Waals surface area contributed by atoms with Crippen LogP contribution < -0.4 is 16.6 Å². The van der Waals surface area contributed by atoms with Gasteiger partial charge in [0.15, 0.2) is 0 Å². The molecule has 0 aliphatic rings. The first-order valence-electron chi connectivity index (χ1n) is 10.3. The number of aromatic nitrogens is 2. The fourth-order valence-electron chi connectivity index (χ4n) is 3.60. The van der Waals surface area contributed by atoms with E-state index in [1.165, 1.54) is 39.7 Å².